The molecule has 0 aliphatic carbocycles. The Morgan fingerprint density at radius 3 is 3.22 bits per heavy atom. The van der Waals surface area contributed by atoms with Crippen LogP contribution < -0.4 is 16.2 Å². The molecular formula is C12H11N5O. The number of benzene rings is 1. The van der Waals surface area contributed by atoms with Gasteiger partial charge in [-0.25, -0.2) is 4.52 Å². The highest BCUT2D eigenvalue weighted by Crippen LogP contribution is 2.29. The molecule has 2 aromatic heterocycles. The quantitative estimate of drug-likeness (QED) is 0.540. The van der Waals surface area contributed by atoms with Gasteiger partial charge in [-0.15, -0.1) is 0 Å². The molecule has 1 aliphatic rings. The first-order valence-electron chi connectivity index (χ1n) is 5.81. The molecule has 3 heterocycles. The smallest absolute Gasteiger partial charge is 0.274 e. The maximum atomic E-state index is 11.9. The van der Waals surface area contributed by atoms with E-state index in [4.69, 9.17) is 0 Å². The second-order valence-electron chi connectivity index (χ2n) is 4.36. The van der Waals surface area contributed by atoms with Crippen LogP contribution in [0.4, 0.5) is 5.69 Å². The minimum absolute atomic E-state index is 0.117. The van der Waals surface area contributed by atoms with Gasteiger partial charge in [0, 0.05) is 24.3 Å². The van der Waals surface area contributed by atoms with Gasteiger partial charge in [0.2, 0.25) is 0 Å². The SMILES string of the molecule is O=c1[nH]ccn2nc3c4c(ccc3c12)CNCN4. The summed E-state index contributed by atoms with van der Waals surface area (Å²) in [4.78, 5) is 14.6. The lowest BCUT2D eigenvalue weighted by Gasteiger charge is -2.18. The second-order valence-corrected chi connectivity index (χ2v) is 4.36. The van der Waals surface area contributed by atoms with Gasteiger partial charge in [0.1, 0.15) is 11.0 Å². The summed E-state index contributed by atoms with van der Waals surface area (Å²) < 4.78 is 1.63. The highest BCUT2D eigenvalue weighted by Gasteiger charge is 2.16. The molecule has 0 unspecified atom stereocenters. The molecule has 3 aromatic rings. The molecular weight excluding hydrogens is 230 g/mol. The monoisotopic (exact) mass is 241 g/mol. The Labute approximate surface area is 102 Å². The van der Waals surface area contributed by atoms with E-state index < -0.39 is 0 Å². The molecule has 0 bridgehead atoms. The Balaban J connectivity index is 2.22. The minimum atomic E-state index is -0.117. The van der Waals surface area contributed by atoms with E-state index in [1.165, 1.54) is 5.56 Å². The van der Waals surface area contributed by atoms with Crippen LogP contribution in [0.25, 0.3) is 16.4 Å². The van der Waals surface area contributed by atoms with Crippen molar-refractivity contribution in [2.24, 2.45) is 0 Å². The van der Waals surface area contributed by atoms with E-state index in [2.05, 4.69) is 20.7 Å². The van der Waals surface area contributed by atoms with E-state index in [0.29, 0.717) is 5.52 Å². The second kappa shape index (κ2) is 3.33. The van der Waals surface area contributed by atoms with E-state index in [1.807, 2.05) is 12.1 Å². The molecule has 3 N–H and O–H groups in total. The number of rotatable bonds is 0. The number of anilines is 1. The molecule has 0 saturated carbocycles. The summed E-state index contributed by atoms with van der Waals surface area (Å²) in [5.41, 5.74) is 3.53. The molecule has 4 rings (SSSR count). The first kappa shape index (κ1) is 9.67. The molecule has 6 heteroatoms. The largest absolute Gasteiger partial charge is 0.370 e. The van der Waals surface area contributed by atoms with E-state index in [1.54, 1.807) is 16.9 Å². The molecule has 0 radical (unpaired) electrons. The lowest BCUT2D eigenvalue weighted by Crippen LogP contribution is -2.27. The maximum absolute atomic E-state index is 11.9. The van der Waals surface area contributed by atoms with Crippen LogP contribution in [-0.2, 0) is 6.54 Å². The Bertz CT molecular complexity index is 816. The average molecular weight is 241 g/mol. The van der Waals surface area contributed by atoms with Crippen LogP contribution >= 0.6 is 0 Å². The van der Waals surface area contributed by atoms with Crippen molar-refractivity contribution in [1.29, 1.82) is 0 Å². The predicted molar refractivity (Wildman–Crippen MR) is 68.6 cm³/mol. The van der Waals surface area contributed by atoms with Crippen molar-refractivity contribution in [2.75, 3.05) is 12.0 Å². The van der Waals surface area contributed by atoms with Gasteiger partial charge in [0.25, 0.3) is 5.56 Å². The summed E-state index contributed by atoms with van der Waals surface area (Å²) >= 11 is 0. The highest BCUT2D eigenvalue weighted by molar-refractivity contribution is 6.01. The van der Waals surface area contributed by atoms with Crippen LogP contribution in [0.1, 0.15) is 5.56 Å². The molecule has 0 atom stereocenters. The van der Waals surface area contributed by atoms with E-state index in [9.17, 15) is 4.79 Å². The van der Waals surface area contributed by atoms with Crippen molar-refractivity contribution in [3.05, 3.63) is 40.4 Å². The number of hydrogen-bond donors (Lipinski definition) is 3. The number of aromatic nitrogens is 3. The molecule has 0 fully saturated rings. The van der Waals surface area contributed by atoms with Crippen molar-refractivity contribution in [1.82, 2.24) is 19.9 Å². The maximum Gasteiger partial charge on any atom is 0.274 e. The zero-order valence-corrected chi connectivity index (χ0v) is 9.53. The summed E-state index contributed by atoms with van der Waals surface area (Å²) in [6.45, 7) is 1.54. The van der Waals surface area contributed by atoms with Crippen molar-refractivity contribution < 1.29 is 0 Å². The molecule has 90 valence electrons. The van der Waals surface area contributed by atoms with Gasteiger partial charge in [-0.2, -0.15) is 5.10 Å². The van der Waals surface area contributed by atoms with Gasteiger partial charge in [0.15, 0.2) is 0 Å². The van der Waals surface area contributed by atoms with Crippen LogP contribution in [0.2, 0.25) is 0 Å². The van der Waals surface area contributed by atoms with E-state index >= 15 is 0 Å². The number of nitrogens with one attached hydrogen (secondary N) is 3. The normalized spacial score (nSPS) is 14.7. The van der Waals surface area contributed by atoms with Crippen LogP contribution in [-0.4, -0.2) is 21.3 Å². The third-order valence-corrected chi connectivity index (χ3v) is 3.31. The number of aromatic amines is 1. The van der Waals surface area contributed by atoms with Gasteiger partial charge < -0.3 is 10.3 Å². The fourth-order valence-electron chi connectivity index (χ4n) is 2.49. The lowest BCUT2D eigenvalue weighted by molar-refractivity contribution is 0.711. The fraction of sp³-hybridized carbons (Fsp3) is 0.167. The number of hydrogen-bond acceptors (Lipinski definition) is 4. The molecule has 1 aromatic carbocycles. The third-order valence-electron chi connectivity index (χ3n) is 3.31. The van der Waals surface area contributed by atoms with Crippen molar-refractivity contribution in [2.45, 2.75) is 6.54 Å². The highest BCUT2D eigenvalue weighted by atomic mass is 16.1. The van der Waals surface area contributed by atoms with E-state index in [-0.39, 0.29) is 5.56 Å². The van der Waals surface area contributed by atoms with Gasteiger partial charge in [-0.1, -0.05) is 6.07 Å². The summed E-state index contributed by atoms with van der Waals surface area (Å²) in [5.74, 6) is 0. The van der Waals surface area contributed by atoms with Crippen molar-refractivity contribution >= 4 is 22.1 Å². The molecule has 0 saturated heterocycles. The summed E-state index contributed by atoms with van der Waals surface area (Å²) in [7, 11) is 0. The Morgan fingerprint density at radius 1 is 1.33 bits per heavy atom. The standard InChI is InChI=1S/C12H11N5O/c18-12-11-8-2-1-7-5-13-6-15-9(7)10(8)16-17(11)4-3-14-12/h1-4,13,15H,5-6H2,(H,14,18). The Kier molecular flexibility index (Phi) is 1.79. The first-order chi connectivity index (χ1) is 8.84. The predicted octanol–water partition coefficient (Wildman–Crippen LogP) is 0.648. The zero-order chi connectivity index (χ0) is 12.1. The summed E-state index contributed by atoms with van der Waals surface area (Å²) in [6.07, 6.45) is 3.35. The number of H-pyrrole nitrogens is 1. The number of fused-ring (bicyclic) bond motifs is 5. The van der Waals surface area contributed by atoms with Gasteiger partial charge >= 0.3 is 0 Å². The van der Waals surface area contributed by atoms with E-state index in [0.717, 1.165) is 29.8 Å². The first-order valence-corrected chi connectivity index (χ1v) is 5.81. The molecule has 6 nitrogen and oxygen atoms in total. The molecule has 0 amide bonds. The van der Waals surface area contributed by atoms with Gasteiger partial charge in [-0.05, 0) is 11.6 Å². The fourth-order valence-corrected chi connectivity index (χ4v) is 2.49. The van der Waals surface area contributed by atoms with Crippen molar-refractivity contribution in [3.8, 4) is 0 Å². The van der Waals surface area contributed by atoms with Gasteiger partial charge in [0.05, 0.1) is 12.4 Å². The zero-order valence-electron chi connectivity index (χ0n) is 9.53. The van der Waals surface area contributed by atoms with Gasteiger partial charge in [-0.3, -0.25) is 10.1 Å². The van der Waals surface area contributed by atoms with Crippen molar-refractivity contribution in [3.63, 3.8) is 0 Å². The minimum Gasteiger partial charge on any atom is -0.370 e. The Hall–Kier alpha value is -2.34. The average Bonchev–Trinajstić information content (AvgIpc) is 2.79. The summed E-state index contributed by atoms with van der Waals surface area (Å²) in [6, 6.07) is 3.99. The number of nitrogens with zero attached hydrogens (tertiary/aromatic N) is 2. The topological polar surface area (TPSA) is 74.2 Å². The third kappa shape index (κ3) is 1.15. The summed E-state index contributed by atoms with van der Waals surface area (Å²) in [5, 5.41) is 11.9. The molecule has 18 heavy (non-hydrogen) atoms. The van der Waals surface area contributed by atoms with Crippen LogP contribution in [0.15, 0.2) is 29.3 Å². The van der Waals surface area contributed by atoms with Crippen LogP contribution in [0, 0.1) is 0 Å². The molecule has 1 aliphatic heterocycles. The Morgan fingerprint density at radius 2 is 2.28 bits per heavy atom. The lowest BCUT2D eigenvalue weighted by atomic mass is 10.1. The van der Waals surface area contributed by atoms with Crippen LogP contribution in [0.5, 0.6) is 0 Å². The molecule has 0 spiro atoms. The van der Waals surface area contributed by atoms with Crippen LogP contribution in [0.3, 0.4) is 0 Å².